The number of nitrogens with zero attached hydrogens (tertiary/aromatic N) is 4. The highest BCUT2D eigenvalue weighted by Gasteiger charge is 2.17. The molecule has 0 saturated carbocycles. The summed E-state index contributed by atoms with van der Waals surface area (Å²) in [5.41, 5.74) is 3.62. The van der Waals surface area contributed by atoms with Gasteiger partial charge in [0.15, 0.2) is 0 Å². The fraction of sp³-hybridized carbons (Fsp3) is 0.267. The van der Waals surface area contributed by atoms with Crippen molar-refractivity contribution in [2.75, 3.05) is 7.05 Å². The summed E-state index contributed by atoms with van der Waals surface area (Å²) in [5.74, 6) is 0. The van der Waals surface area contributed by atoms with Gasteiger partial charge in [0.05, 0.1) is 28.0 Å². The first-order valence-corrected chi connectivity index (χ1v) is 7.14. The number of hydrogen-bond donors (Lipinski definition) is 1. The summed E-state index contributed by atoms with van der Waals surface area (Å²) in [6.07, 6.45) is 1.76. The molecule has 0 saturated heterocycles. The van der Waals surface area contributed by atoms with E-state index in [2.05, 4.69) is 27.5 Å². The van der Waals surface area contributed by atoms with E-state index in [9.17, 15) is 0 Å². The third-order valence-corrected chi connectivity index (χ3v) is 4.03. The van der Waals surface area contributed by atoms with Gasteiger partial charge in [-0.05, 0) is 45.2 Å². The normalized spacial score (nSPS) is 12.8. The van der Waals surface area contributed by atoms with Crippen LogP contribution in [0.5, 0.6) is 0 Å². The number of halogens is 1. The Morgan fingerprint density at radius 1 is 1.29 bits per heavy atom. The van der Waals surface area contributed by atoms with Crippen LogP contribution in [-0.2, 0) is 0 Å². The lowest BCUT2D eigenvalue weighted by Crippen LogP contribution is -2.14. The van der Waals surface area contributed by atoms with Gasteiger partial charge in [-0.2, -0.15) is 0 Å². The quantitative estimate of drug-likeness (QED) is 0.808. The lowest BCUT2D eigenvalue weighted by molar-refractivity contribution is 0.627. The molecule has 2 heterocycles. The Balaban J connectivity index is 2.22. The van der Waals surface area contributed by atoms with Crippen molar-refractivity contribution in [3.05, 3.63) is 46.9 Å². The maximum Gasteiger partial charge on any atom is 0.103 e. The Hall–Kier alpha value is -1.98. The van der Waals surface area contributed by atoms with Crippen LogP contribution in [0.1, 0.15) is 24.4 Å². The summed E-state index contributed by atoms with van der Waals surface area (Å²) < 4.78 is 1.81. The van der Waals surface area contributed by atoms with Crippen molar-refractivity contribution >= 4 is 22.5 Å². The Morgan fingerprint density at radius 3 is 2.86 bits per heavy atom. The maximum atomic E-state index is 6.24. The van der Waals surface area contributed by atoms with Crippen molar-refractivity contribution in [1.29, 1.82) is 0 Å². The first-order chi connectivity index (χ1) is 10.1. The highest BCUT2D eigenvalue weighted by Crippen LogP contribution is 2.28. The van der Waals surface area contributed by atoms with E-state index < -0.39 is 0 Å². The monoisotopic (exact) mass is 301 g/mol. The molecule has 5 nitrogen and oxygen atoms in total. The maximum absolute atomic E-state index is 6.24. The van der Waals surface area contributed by atoms with E-state index in [4.69, 9.17) is 11.6 Å². The molecule has 2 aromatic heterocycles. The van der Waals surface area contributed by atoms with Crippen LogP contribution in [0.3, 0.4) is 0 Å². The zero-order chi connectivity index (χ0) is 15.0. The fourth-order valence-corrected chi connectivity index (χ4v) is 2.62. The van der Waals surface area contributed by atoms with E-state index in [1.54, 1.807) is 6.20 Å². The predicted octanol–water partition coefficient (Wildman–Crippen LogP) is 3.06. The molecule has 3 aromatic rings. The molecule has 0 aliphatic carbocycles. The average molecular weight is 302 g/mol. The largest absolute Gasteiger partial charge is 0.312 e. The summed E-state index contributed by atoms with van der Waals surface area (Å²) in [6, 6.07) is 7.76. The fourth-order valence-electron chi connectivity index (χ4n) is 2.40. The van der Waals surface area contributed by atoms with Crippen molar-refractivity contribution in [1.82, 2.24) is 25.3 Å². The first kappa shape index (κ1) is 14.0. The smallest absolute Gasteiger partial charge is 0.103 e. The predicted molar refractivity (Wildman–Crippen MR) is 83.9 cm³/mol. The lowest BCUT2D eigenvalue weighted by atomic mass is 10.1. The number of pyridine rings is 1. The van der Waals surface area contributed by atoms with Gasteiger partial charge in [0.1, 0.15) is 5.69 Å². The van der Waals surface area contributed by atoms with Crippen molar-refractivity contribution < 1.29 is 0 Å². The topological polar surface area (TPSA) is 55.6 Å². The molecule has 1 aromatic carbocycles. The molecule has 0 spiro atoms. The van der Waals surface area contributed by atoms with Gasteiger partial charge in [-0.15, -0.1) is 5.10 Å². The van der Waals surface area contributed by atoms with Crippen LogP contribution in [0.25, 0.3) is 16.6 Å². The van der Waals surface area contributed by atoms with E-state index in [1.807, 2.05) is 42.9 Å². The second kappa shape index (κ2) is 5.42. The molecule has 1 unspecified atom stereocenters. The van der Waals surface area contributed by atoms with E-state index in [0.717, 1.165) is 28.0 Å². The second-order valence-corrected chi connectivity index (χ2v) is 5.36. The minimum absolute atomic E-state index is 0.144. The molecular formula is C15H16ClN5. The Bertz CT molecular complexity index is 796. The molecule has 0 fully saturated rings. The molecule has 0 bridgehead atoms. The Morgan fingerprint density at radius 2 is 2.10 bits per heavy atom. The molecule has 1 N–H and O–H groups in total. The number of fused-ring (bicyclic) bond motifs is 1. The minimum Gasteiger partial charge on any atom is -0.312 e. The van der Waals surface area contributed by atoms with E-state index in [-0.39, 0.29) is 6.04 Å². The molecule has 6 heteroatoms. The number of rotatable bonds is 3. The van der Waals surface area contributed by atoms with E-state index >= 15 is 0 Å². The van der Waals surface area contributed by atoms with Gasteiger partial charge in [-0.3, -0.25) is 4.98 Å². The molecule has 0 radical (unpaired) electrons. The van der Waals surface area contributed by atoms with Crippen LogP contribution in [0.2, 0.25) is 5.02 Å². The molecule has 21 heavy (non-hydrogen) atoms. The van der Waals surface area contributed by atoms with Gasteiger partial charge < -0.3 is 5.32 Å². The number of nitrogens with one attached hydrogen (secondary N) is 1. The number of benzene rings is 1. The molecule has 3 rings (SSSR count). The number of hydrogen-bond acceptors (Lipinski definition) is 4. The molecule has 1 atom stereocenters. The highest BCUT2D eigenvalue weighted by molar-refractivity contribution is 6.35. The van der Waals surface area contributed by atoms with Crippen molar-refractivity contribution in [2.45, 2.75) is 19.9 Å². The Labute approximate surface area is 127 Å². The van der Waals surface area contributed by atoms with Gasteiger partial charge in [0.2, 0.25) is 0 Å². The highest BCUT2D eigenvalue weighted by atomic mass is 35.5. The second-order valence-electron chi connectivity index (χ2n) is 4.95. The van der Waals surface area contributed by atoms with Crippen molar-refractivity contribution in [3.63, 3.8) is 0 Å². The summed E-state index contributed by atoms with van der Waals surface area (Å²) in [6.45, 7) is 4.06. The molecule has 0 aliphatic heterocycles. The zero-order valence-electron chi connectivity index (χ0n) is 12.1. The third-order valence-electron chi connectivity index (χ3n) is 3.70. The van der Waals surface area contributed by atoms with E-state index in [1.165, 1.54) is 0 Å². The van der Waals surface area contributed by atoms with Crippen LogP contribution in [0.4, 0.5) is 0 Å². The summed E-state index contributed by atoms with van der Waals surface area (Å²) in [5, 5.41) is 13.3. The lowest BCUT2D eigenvalue weighted by Gasteiger charge is -2.10. The van der Waals surface area contributed by atoms with Crippen molar-refractivity contribution in [2.24, 2.45) is 0 Å². The summed E-state index contributed by atoms with van der Waals surface area (Å²) in [4.78, 5) is 4.45. The van der Waals surface area contributed by atoms with Crippen LogP contribution >= 0.6 is 11.6 Å². The van der Waals surface area contributed by atoms with Gasteiger partial charge >= 0.3 is 0 Å². The molecule has 108 valence electrons. The summed E-state index contributed by atoms with van der Waals surface area (Å²) >= 11 is 6.24. The van der Waals surface area contributed by atoms with E-state index in [0.29, 0.717) is 5.02 Å². The standard InChI is InChI=1S/C15H16ClN5/c1-9(17-3)14-10(2)21(20-19-14)13-7-6-12(16)11-5-4-8-18-15(11)13/h4-9,17H,1-3H3. The van der Waals surface area contributed by atoms with Gasteiger partial charge in [-0.25, -0.2) is 4.68 Å². The van der Waals surface area contributed by atoms with Crippen molar-refractivity contribution in [3.8, 4) is 5.69 Å². The van der Waals surface area contributed by atoms with Crippen LogP contribution in [0.15, 0.2) is 30.5 Å². The molecule has 0 amide bonds. The van der Waals surface area contributed by atoms with Gasteiger partial charge in [0, 0.05) is 11.6 Å². The van der Waals surface area contributed by atoms with Gasteiger partial charge in [-0.1, -0.05) is 16.8 Å². The minimum atomic E-state index is 0.144. The van der Waals surface area contributed by atoms with Gasteiger partial charge in [0.25, 0.3) is 0 Å². The Kier molecular flexibility index (Phi) is 3.61. The number of aromatic nitrogens is 4. The molecule has 0 aliphatic rings. The SMILES string of the molecule is CNC(C)c1nnn(-c2ccc(Cl)c3cccnc23)c1C. The average Bonchev–Trinajstić information content (AvgIpc) is 2.89. The first-order valence-electron chi connectivity index (χ1n) is 6.76. The van der Waals surface area contributed by atoms with Crippen LogP contribution in [0, 0.1) is 6.92 Å². The molecular weight excluding hydrogens is 286 g/mol. The zero-order valence-corrected chi connectivity index (χ0v) is 12.9. The summed E-state index contributed by atoms with van der Waals surface area (Å²) in [7, 11) is 1.91. The third kappa shape index (κ3) is 2.28. The van der Waals surface area contributed by atoms with Crippen LogP contribution < -0.4 is 5.32 Å². The van der Waals surface area contributed by atoms with Crippen LogP contribution in [-0.4, -0.2) is 27.0 Å².